The zero-order valence-electron chi connectivity index (χ0n) is 13.1. The van der Waals surface area contributed by atoms with Crippen molar-refractivity contribution in [2.45, 2.75) is 6.42 Å². The van der Waals surface area contributed by atoms with Crippen LogP contribution in [0.1, 0.15) is 5.56 Å². The Bertz CT molecular complexity index is 630. The number of esters is 4. The summed E-state index contributed by atoms with van der Waals surface area (Å²) >= 11 is 0. The molecule has 0 bridgehead atoms. The summed E-state index contributed by atoms with van der Waals surface area (Å²) in [5, 5.41) is 0. The highest BCUT2D eigenvalue weighted by Gasteiger charge is 2.13. The average Bonchev–Trinajstić information content (AvgIpc) is 2.58. The van der Waals surface area contributed by atoms with Gasteiger partial charge >= 0.3 is 23.9 Å². The van der Waals surface area contributed by atoms with Crippen LogP contribution in [-0.4, -0.2) is 44.7 Å². The molecule has 0 heterocycles. The van der Waals surface area contributed by atoms with Gasteiger partial charge < -0.3 is 18.9 Å². The van der Waals surface area contributed by atoms with Crippen molar-refractivity contribution in [3.05, 3.63) is 42.0 Å². The Balaban J connectivity index is 2.35. The zero-order chi connectivity index (χ0) is 17.9. The van der Waals surface area contributed by atoms with Crippen molar-refractivity contribution in [2.24, 2.45) is 0 Å². The molecule has 0 saturated carbocycles. The Labute approximate surface area is 137 Å². The van der Waals surface area contributed by atoms with Crippen LogP contribution in [0.5, 0.6) is 5.75 Å². The van der Waals surface area contributed by atoms with E-state index in [0.29, 0.717) is 11.3 Å². The molecule has 0 amide bonds. The van der Waals surface area contributed by atoms with E-state index < -0.39 is 30.5 Å². The van der Waals surface area contributed by atoms with E-state index >= 15 is 0 Å². The third-order valence-corrected chi connectivity index (χ3v) is 2.62. The lowest BCUT2D eigenvalue weighted by molar-refractivity contribution is -0.165. The maximum atomic E-state index is 11.6. The molecule has 1 aromatic carbocycles. The molecule has 0 spiro atoms. The first-order chi connectivity index (χ1) is 11.4. The molecular weight excluding hydrogens is 320 g/mol. The maximum absolute atomic E-state index is 11.6. The first-order valence-electron chi connectivity index (χ1n) is 6.74. The minimum Gasteiger partial charge on any atom is -0.497 e. The summed E-state index contributed by atoms with van der Waals surface area (Å²) < 4.78 is 18.3. The fourth-order valence-corrected chi connectivity index (χ4v) is 1.48. The van der Waals surface area contributed by atoms with Crippen LogP contribution in [0, 0.1) is 0 Å². The molecule has 0 aliphatic rings. The van der Waals surface area contributed by atoms with Crippen molar-refractivity contribution in [3.63, 3.8) is 0 Å². The number of ether oxygens (including phenoxy) is 4. The van der Waals surface area contributed by atoms with Gasteiger partial charge in [-0.1, -0.05) is 12.1 Å². The molecule has 128 valence electrons. The lowest BCUT2D eigenvalue weighted by atomic mass is 10.1. The Kier molecular flexibility index (Phi) is 7.69. The minimum absolute atomic E-state index is 0.119. The quantitative estimate of drug-likeness (QED) is 0.308. The Morgan fingerprint density at radius 2 is 1.54 bits per heavy atom. The second-order valence-electron chi connectivity index (χ2n) is 4.34. The third-order valence-electron chi connectivity index (χ3n) is 2.62. The van der Waals surface area contributed by atoms with Crippen molar-refractivity contribution in [1.29, 1.82) is 0 Å². The van der Waals surface area contributed by atoms with Gasteiger partial charge in [0.1, 0.15) is 5.75 Å². The standard InChI is InChI=1S/C16H16O8/c1-21-12-5-3-11(4-6-12)9-15(19)24-16(20)10-23-14(18)8-7-13(17)22-2/h3-8H,9-10H2,1-2H3/b8-7+. The van der Waals surface area contributed by atoms with Crippen molar-refractivity contribution < 1.29 is 38.1 Å². The van der Waals surface area contributed by atoms with E-state index in [1.165, 1.54) is 7.11 Å². The average molecular weight is 336 g/mol. The molecule has 0 aliphatic heterocycles. The highest BCUT2D eigenvalue weighted by molar-refractivity contribution is 5.93. The van der Waals surface area contributed by atoms with Gasteiger partial charge in [-0.3, -0.25) is 4.79 Å². The lowest BCUT2D eigenvalue weighted by Crippen LogP contribution is -2.20. The maximum Gasteiger partial charge on any atom is 0.351 e. The van der Waals surface area contributed by atoms with Crippen molar-refractivity contribution in [1.82, 2.24) is 0 Å². The molecule has 0 radical (unpaired) electrons. The van der Waals surface area contributed by atoms with Crippen molar-refractivity contribution >= 4 is 23.9 Å². The molecule has 0 aliphatic carbocycles. The lowest BCUT2D eigenvalue weighted by Gasteiger charge is -2.04. The number of carbonyl (C=O) groups excluding carboxylic acids is 4. The summed E-state index contributed by atoms with van der Waals surface area (Å²) in [6.45, 7) is -0.751. The number of hydrogen-bond acceptors (Lipinski definition) is 8. The van der Waals surface area contributed by atoms with Gasteiger partial charge in [0.15, 0.2) is 6.61 Å². The van der Waals surface area contributed by atoms with E-state index in [-0.39, 0.29) is 6.42 Å². The molecule has 1 aromatic rings. The van der Waals surface area contributed by atoms with Crippen LogP contribution in [-0.2, 0) is 39.8 Å². The number of carbonyl (C=O) groups is 4. The first kappa shape index (κ1) is 18.9. The van der Waals surface area contributed by atoms with Crippen LogP contribution >= 0.6 is 0 Å². The van der Waals surface area contributed by atoms with Crippen LogP contribution in [0.2, 0.25) is 0 Å². The highest BCUT2D eigenvalue weighted by Crippen LogP contribution is 2.12. The molecule has 8 nitrogen and oxygen atoms in total. The number of methoxy groups -OCH3 is 2. The Morgan fingerprint density at radius 1 is 0.917 bits per heavy atom. The van der Waals surface area contributed by atoms with Gasteiger partial charge in [-0.05, 0) is 17.7 Å². The molecule has 0 atom stereocenters. The summed E-state index contributed by atoms with van der Waals surface area (Å²) in [6, 6.07) is 6.64. The zero-order valence-corrected chi connectivity index (χ0v) is 13.1. The van der Waals surface area contributed by atoms with Gasteiger partial charge in [-0.25, -0.2) is 14.4 Å². The largest absolute Gasteiger partial charge is 0.497 e. The van der Waals surface area contributed by atoms with Crippen LogP contribution in [0.3, 0.4) is 0 Å². The van der Waals surface area contributed by atoms with Crippen LogP contribution in [0.4, 0.5) is 0 Å². The van der Waals surface area contributed by atoms with E-state index in [4.69, 9.17) is 4.74 Å². The SMILES string of the molecule is COC(=O)/C=C/C(=O)OCC(=O)OC(=O)Cc1ccc(OC)cc1. The van der Waals surface area contributed by atoms with Gasteiger partial charge in [0.05, 0.1) is 20.6 Å². The van der Waals surface area contributed by atoms with E-state index in [9.17, 15) is 19.2 Å². The molecule has 8 heteroatoms. The summed E-state index contributed by atoms with van der Waals surface area (Å²) in [5.74, 6) is -2.86. The van der Waals surface area contributed by atoms with Crippen molar-refractivity contribution in [2.75, 3.05) is 20.8 Å². The van der Waals surface area contributed by atoms with Gasteiger partial charge in [-0.2, -0.15) is 0 Å². The van der Waals surface area contributed by atoms with Crippen LogP contribution in [0.25, 0.3) is 0 Å². The summed E-state index contributed by atoms with van der Waals surface area (Å²) in [5.41, 5.74) is 0.631. The molecule has 0 saturated heterocycles. The molecule has 24 heavy (non-hydrogen) atoms. The molecule has 0 aromatic heterocycles. The second-order valence-corrected chi connectivity index (χ2v) is 4.34. The molecule has 1 rings (SSSR count). The molecule has 0 unspecified atom stereocenters. The summed E-state index contributed by atoms with van der Waals surface area (Å²) in [6.07, 6.45) is 1.51. The second kappa shape index (κ2) is 9.78. The Morgan fingerprint density at radius 3 is 2.12 bits per heavy atom. The van der Waals surface area contributed by atoms with Gasteiger partial charge in [-0.15, -0.1) is 0 Å². The predicted octanol–water partition coefficient (Wildman–Crippen LogP) is 0.580. The van der Waals surface area contributed by atoms with E-state index in [1.807, 2.05) is 0 Å². The number of hydrogen-bond donors (Lipinski definition) is 0. The molecule has 0 fully saturated rings. The molecular formula is C16H16O8. The number of benzene rings is 1. The number of rotatable bonds is 7. The topological polar surface area (TPSA) is 105 Å². The van der Waals surface area contributed by atoms with E-state index in [1.54, 1.807) is 24.3 Å². The van der Waals surface area contributed by atoms with Gasteiger partial charge in [0.25, 0.3) is 0 Å². The molecule has 0 N–H and O–H groups in total. The van der Waals surface area contributed by atoms with E-state index in [0.717, 1.165) is 19.3 Å². The van der Waals surface area contributed by atoms with Gasteiger partial charge in [0.2, 0.25) is 0 Å². The van der Waals surface area contributed by atoms with Crippen LogP contribution < -0.4 is 4.74 Å². The van der Waals surface area contributed by atoms with Crippen molar-refractivity contribution in [3.8, 4) is 5.75 Å². The van der Waals surface area contributed by atoms with Gasteiger partial charge in [0, 0.05) is 12.2 Å². The summed E-state index contributed by atoms with van der Waals surface area (Å²) in [4.78, 5) is 44.9. The fourth-order valence-electron chi connectivity index (χ4n) is 1.48. The monoisotopic (exact) mass is 336 g/mol. The summed E-state index contributed by atoms with van der Waals surface area (Å²) in [7, 11) is 2.66. The van der Waals surface area contributed by atoms with Crippen LogP contribution in [0.15, 0.2) is 36.4 Å². The van der Waals surface area contributed by atoms with E-state index in [2.05, 4.69) is 14.2 Å². The third kappa shape index (κ3) is 7.21. The minimum atomic E-state index is -1.02. The predicted molar refractivity (Wildman–Crippen MR) is 79.9 cm³/mol. The normalized spacial score (nSPS) is 10.1. The fraction of sp³-hybridized carbons (Fsp3) is 0.250. The smallest absolute Gasteiger partial charge is 0.351 e. The first-order valence-corrected chi connectivity index (χ1v) is 6.74. The highest BCUT2D eigenvalue weighted by atomic mass is 16.6. The Hall–Kier alpha value is -3.16.